The molecule has 0 bridgehead atoms. The molecule has 2 aromatic heterocycles. The Balaban J connectivity index is 0.00000261. The van der Waals surface area contributed by atoms with Gasteiger partial charge in [-0.2, -0.15) is 0 Å². The predicted molar refractivity (Wildman–Crippen MR) is 101 cm³/mol. The Labute approximate surface area is 160 Å². The van der Waals surface area contributed by atoms with Crippen molar-refractivity contribution in [1.82, 2.24) is 14.1 Å². The van der Waals surface area contributed by atoms with Gasteiger partial charge in [0.05, 0.1) is 12.2 Å². The summed E-state index contributed by atoms with van der Waals surface area (Å²) in [6.45, 7) is 3.57. The molecule has 0 amide bonds. The molecule has 27 heavy (non-hydrogen) atoms. The third-order valence-electron chi connectivity index (χ3n) is 4.27. The number of phenols is 1. The van der Waals surface area contributed by atoms with Crippen molar-refractivity contribution in [3.63, 3.8) is 0 Å². The zero-order chi connectivity index (χ0) is 19.0. The molecule has 0 aliphatic carbocycles. The average Bonchev–Trinajstić information content (AvgIpc) is 3.11. The number of aromatic nitrogens is 3. The van der Waals surface area contributed by atoms with E-state index in [-0.39, 0.29) is 37.1 Å². The van der Waals surface area contributed by atoms with Gasteiger partial charge in [0.15, 0.2) is 5.82 Å². The Morgan fingerprint density at radius 3 is 2.74 bits per heavy atom. The quantitative estimate of drug-likeness (QED) is 0.404. The number of benzene rings is 1. The molecule has 1 aromatic carbocycles. The lowest BCUT2D eigenvalue weighted by Crippen LogP contribution is -2.09. The number of carbonyl (C=O) groups excluding carboxylic acids is 1. The third kappa shape index (κ3) is 3.45. The van der Waals surface area contributed by atoms with Crippen LogP contribution in [0.15, 0.2) is 24.5 Å². The van der Waals surface area contributed by atoms with Crippen molar-refractivity contribution in [2.75, 3.05) is 6.61 Å². The molecule has 0 saturated carbocycles. The van der Waals surface area contributed by atoms with Crippen molar-refractivity contribution in [3.05, 3.63) is 51.6 Å². The number of esters is 1. The van der Waals surface area contributed by atoms with Gasteiger partial charge in [-0.3, -0.25) is 0 Å². The molecular formula is C17H19ClN4O5. The summed E-state index contributed by atoms with van der Waals surface area (Å²) in [6, 6.07) is 3.19. The van der Waals surface area contributed by atoms with Crippen molar-refractivity contribution in [3.8, 4) is 5.75 Å². The molecule has 0 radical (unpaired) electrons. The molecule has 2 heterocycles. The molecule has 0 aliphatic heterocycles. The molecular weight excluding hydrogens is 376 g/mol. The van der Waals surface area contributed by atoms with Crippen molar-refractivity contribution in [1.29, 1.82) is 0 Å². The van der Waals surface area contributed by atoms with E-state index in [2.05, 4.69) is 4.98 Å². The number of hydrogen-bond donors (Lipinski definition) is 1. The van der Waals surface area contributed by atoms with Crippen LogP contribution in [0.1, 0.15) is 28.7 Å². The summed E-state index contributed by atoms with van der Waals surface area (Å²) in [4.78, 5) is 27.0. The van der Waals surface area contributed by atoms with E-state index in [9.17, 15) is 20.0 Å². The number of fused-ring (bicyclic) bond motifs is 1. The van der Waals surface area contributed by atoms with Gasteiger partial charge in [-0.1, -0.05) is 0 Å². The second-order valence-corrected chi connectivity index (χ2v) is 5.84. The molecule has 0 saturated heterocycles. The molecule has 3 aromatic rings. The van der Waals surface area contributed by atoms with Gasteiger partial charge in [0.2, 0.25) is 0 Å². The Kier molecular flexibility index (Phi) is 5.75. The van der Waals surface area contributed by atoms with Gasteiger partial charge in [-0.25, -0.2) is 14.3 Å². The minimum atomic E-state index is -0.533. The Morgan fingerprint density at radius 1 is 1.41 bits per heavy atom. The summed E-state index contributed by atoms with van der Waals surface area (Å²) in [5.41, 5.74) is 1.41. The highest BCUT2D eigenvalue weighted by atomic mass is 35.5. The van der Waals surface area contributed by atoms with Gasteiger partial charge in [-0.15, -0.1) is 12.4 Å². The molecule has 144 valence electrons. The molecule has 10 heteroatoms. The van der Waals surface area contributed by atoms with Crippen LogP contribution in [0.4, 0.5) is 5.82 Å². The van der Waals surface area contributed by atoms with Crippen LogP contribution in [0.25, 0.3) is 10.9 Å². The van der Waals surface area contributed by atoms with Crippen LogP contribution in [-0.2, 0) is 18.3 Å². The van der Waals surface area contributed by atoms with Crippen LogP contribution in [0, 0.1) is 17.0 Å². The number of phenolic OH excluding ortho intramolecular Hbond substituents is 1. The maximum atomic E-state index is 12.3. The SMILES string of the molecule is CCOC(=O)c1cn(C)c2ccc(O)c(Cn3c([N+](=O)[O-])cnc3C)c12.Cl. The summed E-state index contributed by atoms with van der Waals surface area (Å²) in [6.07, 6.45) is 2.80. The van der Waals surface area contributed by atoms with Crippen LogP contribution in [-0.4, -0.2) is 36.7 Å². The second kappa shape index (κ2) is 7.67. The lowest BCUT2D eigenvalue weighted by Gasteiger charge is -2.09. The highest BCUT2D eigenvalue weighted by molar-refractivity contribution is 6.06. The fourth-order valence-electron chi connectivity index (χ4n) is 3.03. The van der Waals surface area contributed by atoms with Crippen molar-refractivity contribution in [2.24, 2.45) is 7.05 Å². The first-order chi connectivity index (χ1) is 12.3. The molecule has 3 rings (SSSR count). The first kappa shape index (κ1) is 20.2. The predicted octanol–water partition coefficient (Wildman–Crippen LogP) is 2.94. The number of aromatic hydroxyl groups is 1. The van der Waals surface area contributed by atoms with Gasteiger partial charge in [0, 0.05) is 36.6 Å². The number of nitrogens with zero attached hydrogens (tertiary/aromatic N) is 4. The first-order valence-electron chi connectivity index (χ1n) is 7.98. The fraction of sp³-hybridized carbons (Fsp3) is 0.294. The van der Waals surface area contributed by atoms with Crippen LogP contribution < -0.4 is 0 Å². The minimum Gasteiger partial charge on any atom is -0.507 e. The van der Waals surface area contributed by atoms with E-state index in [1.165, 1.54) is 16.8 Å². The Morgan fingerprint density at radius 2 is 2.11 bits per heavy atom. The number of ether oxygens (including phenoxy) is 1. The van der Waals surface area contributed by atoms with Crippen LogP contribution in [0.5, 0.6) is 5.75 Å². The average molecular weight is 395 g/mol. The topological polar surface area (TPSA) is 112 Å². The summed E-state index contributed by atoms with van der Waals surface area (Å²) < 4.78 is 8.24. The lowest BCUT2D eigenvalue weighted by molar-refractivity contribution is -0.392. The number of carbonyl (C=O) groups is 1. The minimum absolute atomic E-state index is 0. The van der Waals surface area contributed by atoms with Gasteiger partial charge in [0.25, 0.3) is 0 Å². The molecule has 1 N–H and O–H groups in total. The third-order valence-corrected chi connectivity index (χ3v) is 4.27. The van der Waals surface area contributed by atoms with Gasteiger partial charge >= 0.3 is 11.8 Å². The van der Waals surface area contributed by atoms with Crippen LogP contribution in [0.3, 0.4) is 0 Å². The second-order valence-electron chi connectivity index (χ2n) is 5.84. The van der Waals surface area contributed by atoms with E-state index >= 15 is 0 Å². The van der Waals surface area contributed by atoms with Crippen molar-refractivity contribution in [2.45, 2.75) is 20.4 Å². The van der Waals surface area contributed by atoms with E-state index in [1.807, 2.05) is 0 Å². The molecule has 0 fully saturated rings. The number of aryl methyl sites for hydroxylation is 2. The number of nitro groups is 1. The normalized spacial score (nSPS) is 10.6. The lowest BCUT2D eigenvalue weighted by atomic mass is 10.0. The molecule has 0 spiro atoms. The molecule has 0 atom stereocenters. The standard InChI is InChI=1S/C17H18N4O5.ClH/c1-4-26-17(23)12-8-19(3)13-5-6-14(22)11(16(12)13)9-20-10(2)18-7-15(20)21(24)25;/h5-8,22H,4,9H2,1-3H3;1H. The van der Waals surface area contributed by atoms with Gasteiger partial charge in [-0.05, 0) is 24.0 Å². The zero-order valence-corrected chi connectivity index (χ0v) is 15.8. The van der Waals surface area contributed by atoms with Gasteiger partial charge < -0.3 is 24.5 Å². The molecule has 0 unspecified atom stereocenters. The summed E-state index contributed by atoms with van der Waals surface area (Å²) in [5, 5.41) is 22.2. The van der Waals surface area contributed by atoms with E-state index in [0.717, 1.165) is 0 Å². The van der Waals surface area contributed by atoms with E-state index < -0.39 is 10.9 Å². The highest BCUT2D eigenvalue weighted by Gasteiger charge is 2.24. The highest BCUT2D eigenvalue weighted by Crippen LogP contribution is 2.33. The summed E-state index contributed by atoms with van der Waals surface area (Å²) in [5.74, 6) is -0.326. The number of rotatable bonds is 5. The smallest absolute Gasteiger partial charge is 0.343 e. The zero-order valence-electron chi connectivity index (χ0n) is 15.0. The molecule has 9 nitrogen and oxygen atoms in total. The van der Waals surface area contributed by atoms with E-state index in [1.54, 1.807) is 37.7 Å². The van der Waals surface area contributed by atoms with E-state index in [4.69, 9.17) is 4.74 Å². The Bertz CT molecular complexity index is 1020. The largest absolute Gasteiger partial charge is 0.507 e. The van der Waals surface area contributed by atoms with E-state index in [0.29, 0.717) is 27.9 Å². The maximum absolute atomic E-state index is 12.3. The number of hydrogen-bond acceptors (Lipinski definition) is 6. The van der Waals surface area contributed by atoms with Crippen molar-refractivity contribution < 1.29 is 19.6 Å². The fourth-order valence-corrected chi connectivity index (χ4v) is 3.03. The van der Waals surface area contributed by atoms with Crippen LogP contribution in [0.2, 0.25) is 0 Å². The monoisotopic (exact) mass is 394 g/mol. The first-order valence-corrected chi connectivity index (χ1v) is 7.98. The Hall–Kier alpha value is -3.07. The maximum Gasteiger partial charge on any atom is 0.343 e. The molecule has 0 aliphatic rings. The van der Waals surface area contributed by atoms with Gasteiger partial charge in [0.1, 0.15) is 18.5 Å². The number of halogens is 1. The van der Waals surface area contributed by atoms with Crippen molar-refractivity contribution >= 4 is 35.1 Å². The summed E-state index contributed by atoms with van der Waals surface area (Å²) >= 11 is 0. The van der Waals surface area contributed by atoms with Crippen LogP contribution >= 0.6 is 12.4 Å². The number of imidazole rings is 1. The summed E-state index contributed by atoms with van der Waals surface area (Å²) in [7, 11) is 1.77.